The Kier molecular flexibility index (Phi) is 6.50. The molecule has 0 aromatic heterocycles. The molecule has 4 nitrogen and oxygen atoms in total. The summed E-state index contributed by atoms with van der Waals surface area (Å²) in [6, 6.07) is 0.382. The zero-order valence-electron chi connectivity index (χ0n) is 13.4. The van der Waals surface area contributed by atoms with Crippen LogP contribution in [0.5, 0.6) is 0 Å². The molecular weight excluding hydrogens is 252 g/mol. The number of carbonyl (C=O) groups excluding carboxylic acids is 2. The topological polar surface area (TPSA) is 58.2 Å². The van der Waals surface area contributed by atoms with Crippen LogP contribution in [0.4, 0.5) is 0 Å². The van der Waals surface area contributed by atoms with Crippen LogP contribution >= 0.6 is 0 Å². The Morgan fingerprint density at radius 2 is 1.35 bits per heavy atom. The van der Waals surface area contributed by atoms with Crippen molar-refractivity contribution in [3.8, 4) is 0 Å². The van der Waals surface area contributed by atoms with Crippen molar-refractivity contribution in [1.29, 1.82) is 0 Å². The van der Waals surface area contributed by atoms with Crippen LogP contribution in [-0.4, -0.2) is 23.9 Å². The maximum Gasteiger partial charge on any atom is 0.217 e. The van der Waals surface area contributed by atoms with Gasteiger partial charge in [-0.3, -0.25) is 9.59 Å². The quantitative estimate of drug-likeness (QED) is 0.787. The third-order valence-corrected chi connectivity index (χ3v) is 4.30. The van der Waals surface area contributed by atoms with E-state index >= 15 is 0 Å². The summed E-state index contributed by atoms with van der Waals surface area (Å²) in [7, 11) is 0. The largest absolute Gasteiger partial charge is 0.354 e. The molecular formula is C16H30N2O2. The zero-order chi connectivity index (χ0) is 15.2. The van der Waals surface area contributed by atoms with Gasteiger partial charge < -0.3 is 10.6 Å². The Morgan fingerprint density at radius 1 is 0.950 bits per heavy atom. The van der Waals surface area contributed by atoms with E-state index in [1.165, 1.54) is 12.8 Å². The van der Waals surface area contributed by atoms with E-state index < -0.39 is 0 Å². The lowest BCUT2D eigenvalue weighted by molar-refractivity contribution is -0.120. The van der Waals surface area contributed by atoms with E-state index in [0.717, 1.165) is 32.1 Å². The fourth-order valence-electron chi connectivity index (χ4n) is 4.03. The van der Waals surface area contributed by atoms with Gasteiger partial charge in [0.15, 0.2) is 0 Å². The van der Waals surface area contributed by atoms with Crippen LogP contribution in [0.3, 0.4) is 0 Å². The summed E-state index contributed by atoms with van der Waals surface area (Å²) in [5.74, 6) is 0.0562. The Morgan fingerprint density at radius 3 is 1.65 bits per heavy atom. The van der Waals surface area contributed by atoms with E-state index in [1.54, 1.807) is 13.8 Å². The molecule has 4 heteroatoms. The predicted molar refractivity (Wildman–Crippen MR) is 81.3 cm³/mol. The summed E-state index contributed by atoms with van der Waals surface area (Å²) in [5, 5.41) is 6.13. The molecule has 0 aromatic rings. The minimum absolute atomic E-state index is 0.0281. The second-order valence-corrected chi connectivity index (χ2v) is 6.44. The van der Waals surface area contributed by atoms with Gasteiger partial charge in [0, 0.05) is 25.9 Å². The van der Waals surface area contributed by atoms with Crippen LogP contribution in [0.2, 0.25) is 0 Å². The molecule has 2 atom stereocenters. The van der Waals surface area contributed by atoms with Crippen LogP contribution in [0.15, 0.2) is 0 Å². The number of amides is 2. The van der Waals surface area contributed by atoms with Crippen LogP contribution in [0.1, 0.15) is 72.6 Å². The third kappa shape index (κ3) is 5.14. The molecule has 0 aliphatic heterocycles. The molecule has 1 fully saturated rings. The van der Waals surface area contributed by atoms with Crippen molar-refractivity contribution in [3.05, 3.63) is 0 Å². The monoisotopic (exact) mass is 282 g/mol. The number of rotatable bonds is 6. The molecule has 0 radical (unpaired) electrons. The van der Waals surface area contributed by atoms with Crippen molar-refractivity contribution in [1.82, 2.24) is 10.6 Å². The van der Waals surface area contributed by atoms with Gasteiger partial charge in [0.05, 0.1) is 0 Å². The van der Waals surface area contributed by atoms with Crippen LogP contribution in [0.25, 0.3) is 0 Å². The molecule has 1 rings (SSSR count). The molecule has 20 heavy (non-hydrogen) atoms. The molecule has 2 N–H and O–H groups in total. The lowest BCUT2D eigenvalue weighted by Gasteiger charge is -2.45. The minimum Gasteiger partial charge on any atom is -0.354 e. The van der Waals surface area contributed by atoms with Crippen molar-refractivity contribution in [3.63, 3.8) is 0 Å². The molecule has 116 valence electrons. The summed E-state index contributed by atoms with van der Waals surface area (Å²) < 4.78 is 0. The van der Waals surface area contributed by atoms with E-state index in [1.807, 2.05) is 0 Å². The number of carbonyl (C=O) groups is 2. The minimum atomic E-state index is 0.0281. The first-order valence-electron chi connectivity index (χ1n) is 7.95. The van der Waals surface area contributed by atoms with Gasteiger partial charge >= 0.3 is 0 Å². The lowest BCUT2D eigenvalue weighted by atomic mass is 9.65. The molecule has 0 aromatic carbocycles. The van der Waals surface area contributed by atoms with Gasteiger partial charge in [0.2, 0.25) is 11.8 Å². The average Bonchev–Trinajstić information content (AvgIpc) is 2.26. The molecule has 1 aliphatic carbocycles. The van der Waals surface area contributed by atoms with E-state index in [-0.39, 0.29) is 29.3 Å². The highest BCUT2D eigenvalue weighted by atomic mass is 16.2. The van der Waals surface area contributed by atoms with Gasteiger partial charge in [-0.2, -0.15) is 0 Å². The number of nitrogens with one attached hydrogen (secondary N) is 2. The summed E-state index contributed by atoms with van der Waals surface area (Å²) in [5.41, 5.74) is 0.266. The Bertz CT molecular complexity index is 309. The lowest BCUT2D eigenvalue weighted by Crippen LogP contribution is -2.51. The number of hydrogen-bond donors (Lipinski definition) is 2. The number of hydrogen-bond acceptors (Lipinski definition) is 2. The molecule has 0 saturated heterocycles. The highest BCUT2D eigenvalue weighted by Crippen LogP contribution is 2.44. The Hall–Kier alpha value is -1.06. The first-order chi connectivity index (χ1) is 9.40. The fourth-order valence-corrected chi connectivity index (χ4v) is 4.03. The van der Waals surface area contributed by atoms with Crippen molar-refractivity contribution >= 4 is 11.8 Å². The average molecular weight is 282 g/mol. The van der Waals surface area contributed by atoms with Gasteiger partial charge in [-0.05, 0) is 37.5 Å². The van der Waals surface area contributed by atoms with Crippen molar-refractivity contribution in [2.75, 3.05) is 0 Å². The summed E-state index contributed by atoms with van der Waals surface area (Å²) >= 11 is 0. The molecule has 0 bridgehead atoms. The summed E-state index contributed by atoms with van der Waals surface area (Å²) in [6.45, 7) is 7.58. The van der Waals surface area contributed by atoms with Crippen molar-refractivity contribution < 1.29 is 9.59 Å². The molecule has 1 aliphatic rings. The molecule has 0 heterocycles. The summed E-state index contributed by atoms with van der Waals surface area (Å²) in [6.07, 6.45) is 7.60. The second kappa shape index (κ2) is 7.65. The second-order valence-electron chi connectivity index (χ2n) is 6.44. The van der Waals surface area contributed by atoms with Crippen molar-refractivity contribution in [2.24, 2.45) is 5.41 Å². The zero-order valence-corrected chi connectivity index (χ0v) is 13.4. The third-order valence-electron chi connectivity index (χ3n) is 4.30. The molecule has 0 spiro atoms. The van der Waals surface area contributed by atoms with Gasteiger partial charge in [-0.1, -0.05) is 26.7 Å². The van der Waals surface area contributed by atoms with E-state index in [4.69, 9.17) is 0 Å². The normalized spacial score (nSPS) is 25.0. The molecule has 1 saturated carbocycles. The molecule has 2 amide bonds. The highest BCUT2D eigenvalue weighted by molar-refractivity contribution is 5.74. The maximum absolute atomic E-state index is 11.4. The SMILES string of the molecule is CCCC1(CCC)CC(NC(C)=O)CC(NC(C)=O)C1. The van der Waals surface area contributed by atoms with Crippen LogP contribution < -0.4 is 10.6 Å². The van der Waals surface area contributed by atoms with Gasteiger partial charge in [-0.25, -0.2) is 0 Å². The Balaban J connectivity index is 2.85. The first-order valence-corrected chi connectivity index (χ1v) is 7.95. The van der Waals surface area contributed by atoms with E-state index in [9.17, 15) is 9.59 Å². The van der Waals surface area contributed by atoms with E-state index in [0.29, 0.717) is 0 Å². The standard InChI is InChI=1S/C16H30N2O2/c1-5-7-16(8-6-2)10-14(17-12(3)19)9-15(11-16)18-13(4)20/h14-15H,5-11H2,1-4H3,(H,17,19)(H,18,20). The Labute approximate surface area is 123 Å². The predicted octanol–water partition coefficient (Wildman–Crippen LogP) is 2.77. The molecule has 2 unspecified atom stereocenters. The fraction of sp³-hybridized carbons (Fsp3) is 0.875. The summed E-state index contributed by atoms with van der Waals surface area (Å²) in [4.78, 5) is 22.7. The highest BCUT2D eigenvalue weighted by Gasteiger charge is 2.39. The first kappa shape index (κ1) is 17.0. The smallest absolute Gasteiger partial charge is 0.217 e. The maximum atomic E-state index is 11.4. The van der Waals surface area contributed by atoms with Crippen LogP contribution in [0, 0.1) is 5.41 Å². The van der Waals surface area contributed by atoms with Crippen molar-refractivity contribution in [2.45, 2.75) is 84.7 Å². The van der Waals surface area contributed by atoms with Gasteiger partial charge in [0.1, 0.15) is 0 Å². The van der Waals surface area contributed by atoms with E-state index in [2.05, 4.69) is 24.5 Å². The van der Waals surface area contributed by atoms with Gasteiger partial charge in [-0.15, -0.1) is 0 Å². The van der Waals surface area contributed by atoms with Crippen LogP contribution in [-0.2, 0) is 9.59 Å². The van der Waals surface area contributed by atoms with Gasteiger partial charge in [0.25, 0.3) is 0 Å².